The van der Waals surface area contributed by atoms with Gasteiger partial charge in [-0.05, 0) is 101 Å². The molecule has 2 aromatic rings. The van der Waals surface area contributed by atoms with Gasteiger partial charge in [-0.15, -0.1) is 0 Å². The molecule has 1 amide bonds. The summed E-state index contributed by atoms with van der Waals surface area (Å²) in [5.41, 5.74) is 4.96. The number of aliphatic hydroxyl groups excluding tert-OH is 1. The SMILES string of the molecule is C=C(/C=C\C(OC)=C(C)C)C1CCC(CN(C(=O)C2CCC(O)CC2)c2cccc(-c3cnn(C)n3)c2)CC1. The third kappa shape index (κ3) is 7.47. The van der Waals surface area contributed by atoms with E-state index in [1.807, 2.05) is 43.0 Å². The third-order valence-corrected chi connectivity index (χ3v) is 8.34. The van der Waals surface area contributed by atoms with Gasteiger partial charge in [0.1, 0.15) is 11.5 Å². The second kappa shape index (κ2) is 13.2. The molecule has 1 aromatic heterocycles. The molecule has 1 N–H and O–H groups in total. The Morgan fingerprint density at radius 3 is 2.41 bits per heavy atom. The Hall–Kier alpha value is -3.19. The van der Waals surface area contributed by atoms with E-state index in [0.29, 0.717) is 31.2 Å². The lowest BCUT2D eigenvalue weighted by Crippen LogP contribution is -2.42. The van der Waals surface area contributed by atoms with Gasteiger partial charge in [0, 0.05) is 30.8 Å². The zero-order chi connectivity index (χ0) is 27.9. The fraction of sp³-hybridized carbons (Fsp3) is 0.531. The molecule has 7 heteroatoms. The number of hydrogen-bond donors (Lipinski definition) is 1. The molecule has 4 rings (SSSR count). The Bertz CT molecular complexity index is 1190. The summed E-state index contributed by atoms with van der Waals surface area (Å²) >= 11 is 0. The highest BCUT2D eigenvalue weighted by molar-refractivity contribution is 5.95. The number of benzene rings is 1. The molecule has 0 atom stereocenters. The first-order chi connectivity index (χ1) is 18.7. The molecule has 0 spiro atoms. The van der Waals surface area contributed by atoms with Crippen LogP contribution in [0.2, 0.25) is 0 Å². The summed E-state index contributed by atoms with van der Waals surface area (Å²) in [5.74, 6) is 1.92. The van der Waals surface area contributed by atoms with Crippen LogP contribution in [0, 0.1) is 17.8 Å². The molecule has 0 aliphatic heterocycles. The van der Waals surface area contributed by atoms with E-state index >= 15 is 0 Å². The second-order valence-electron chi connectivity index (χ2n) is 11.4. The zero-order valence-corrected chi connectivity index (χ0v) is 24.0. The van der Waals surface area contributed by atoms with Crippen LogP contribution in [0.1, 0.15) is 65.2 Å². The van der Waals surface area contributed by atoms with Crippen molar-refractivity contribution in [1.29, 1.82) is 0 Å². The number of ether oxygens (including phenoxy) is 1. The molecule has 2 aliphatic carbocycles. The lowest BCUT2D eigenvalue weighted by Gasteiger charge is -2.36. The Balaban J connectivity index is 1.47. The van der Waals surface area contributed by atoms with Crippen molar-refractivity contribution in [2.75, 3.05) is 18.6 Å². The number of aliphatic hydroxyl groups is 1. The molecular weight excluding hydrogens is 488 g/mol. The van der Waals surface area contributed by atoms with E-state index in [2.05, 4.69) is 28.9 Å². The van der Waals surface area contributed by atoms with Crippen molar-refractivity contribution in [1.82, 2.24) is 15.0 Å². The molecule has 0 radical (unpaired) electrons. The molecule has 1 aromatic carbocycles. The number of aryl methyl sites for hydroxylation is 1. The average Bonchev–Trinajstić information content (AvgIpc) is 3.38. The van der Waals surface area contributed by atoms with E-state index in [1.165, 1.54) is 0 Å². The van der Waals surface area contributed by atoms with Gasteiger partial charge in [-0.1, -0.05) is 30.4 Å². The molecule has 0 saturated heterocycles. The molecule has 39 heavy (non-hydrogen) atoms. The van der Waals surface area contributed by atoms with Crippen molar-refractivity contribution in [2.45, 2.75) is 71.3 Å². The maximum atomic E-state index is 13.9. The first-order valence-electron chi connectivity index (χ1n) is 14.3. The van der Waals surface area contributed by atoms with Gasteiger partial charge >= 0.3 is 0 Å². The van der Waals surface area contributed by atoms with E-state index in [0.717, 1.165) is 72.4 Å². The van der Waals surface area contributed by atoms with E-state index in [-0.39, 0.29) is 17.9 Å². The number of amides is 1. The normalized spacial score (nSPS) is 23.4. The standard InChI is InChI=1S/C32H44N4O3/c1-22(2)31(39-5)18-9-23(3)25-12-10-24(11-13-25)21-36(32(38)26-14-16-29(37)17-15-26)28-8-6-7-27(19-28)30-20-33-35(4)34-30/h6-9,18-20,24-26,29,37H,3,10-17,21H2,1-2,4-5H3/b18-9-. The van der Waals surface area contributed by atoms with Crippen LogP contribution >= 0.6 is 0 Å². The number of carbonyl (C=O) groups excluding carboxylic acids is 1. The number of rotatable bonds is 9. The summed E-state index contributed by atoms with van der Waals surface area (Å²) in [6.45, 7) is 9.15. The number of anilines is 1. The lowest BCUT2D eigenvalue weighted by molar-refractivity contribution is -0.124. The van der Waals surface area contributed by atoms with Crippen molar-refractivity contribution >= 4 is 11.6 Å². The minimum absolute atomic E-state index is 0.0418. The smallest absolute Gasteiger partial charge is 0.230 e. The number of hydrogen-bond acceptors (Lipinski definition) is 5. The summed E-state index contributed by atoms with van der Waals surface area (Å²) in [7, 11) is 3.51. The third-order valence-electron chi connectivity index (χ3n) is 8.34. The summed E-state index contributed by atoms with van der Waals surface area (Å²) in [6.07, 6.45) is 12.7. The van der Waals surface area contributed by atoms with Gasteiger partial charge in [-0.2, -0.15) is 15.0 Å². The molecule has 2 aliphatic rings. The fourth-order valence-corrected chi connectivity index (χ4v) is 5.91. The van der Waals surface area contributed by atoms with Crippen LogP contribution in [0.5, 0.6) is 0 Å². The van der Waals surface area contributed by atoms with Crippen molar-refractivity contribution in [3.8, 4) is 11.3 Å². The second-order valence-corrected chi connectivity index (χ2v) is 11.4. The zero-order valence-electron chi connectivity index (χ0n) is 24.0. The number of aromatic nitrogens is 3. The lowest BCUT2D eigenvalue weighted by atomic mass is 9.78. The predicted octanol–water partition coefficient (Wildman–Crippen LogP) is 6.23. The summed E-state index contributed by atoms with van der Waals surface area (Å²) in [5, 5.41) is 18.7. The molecule has 0 bridgehead atoms. The molecule has 2 fully saturated rings. The van der Waals surface area contributed by atoms with Gasteiger partial charge in [0.2, 0.25) is 5.91 Å². The number of nitrogens with zero attached hydrogens (tertiary/aromatic N) is 4. The van der Waals surface area contributed by atoms with Gasteiger partial charge in [-0.25, -0.2) is 0 Å². The molecule has 210 valence electrons. The molecule has 0 unspecified atom stereocenters. The minimum Gasteiger partial charge on any atom is -0.497 e. The highest BCUT2D eigenvalue weighted by Crippen LogP contribution is 2.36. The van der Waals surface area contributed by atoms with Crippen LogP contribution in [0.3, 0.4) is 0 Å². The van der Waals surface area contributed by atoms with Crippen molar-refractivity contribution in [2.24, 2.45) is 24.8 Å². The first-order valence-corrected chi connectivity index (χ1v) is 14.3. The largest absolute Gasteiger partial charge is 0.497 e. The first kappa shape index (κ1) is 28.8. The minimum atomic E-state index is -0.281. The number of methoxy groups -OCH3 is 1. The Morgan fingerprint density at radius 1 is 1.10 bits per heavy atom. The Labute approximate surface area is 233 Å². The fourth-order valence-electron chi connectivity index (χ4n) is 5.91. The maximum absolute atomic E-state index is 13.9. The highest BCUT2D eigenvalue weighted by atomic mass is 16.5. The molecular formula is C32H44N4O3. The summed E-state index contributed by atoms with van der Waals surface area (Å²) in [4.78, 5) is 17.5. The summed E-state index contributed by atoms with van der Waals surface area (Å²) < 4.78 is 5.46. The number of carbonyl (C=O) groups is 1. The molecule has 7 nitrogen and oxygen atoms in total. The van der Waals surface area contributed by atoms with Gasteiger partial charge < -0.3 is 14.7 Å². The van der Waals surface area contributed by atoms with Crippen LogP contribution in [0.15, 0.2) is 66.1 Å². The predicted molar refractivity (Wildman–Crippen MR) is 156 cm³/mol. The van der Waals surface area contributed by atoms with Crippen molar-refractivity contribution in [3.05, 3.63) is 66.1 Å². The average molecular weight is 533 g/mol. The Kier molecular flexibility index (Phi) is 9.78. The van der Waals surface area contributed by atoms with Gasteiger partial charge in [0.15, 0.2) is 0 Å². The molecule has 2 saturated carbocycles. The van der Waals surface area contributed by atoms with Crippen LogP contribution in [-0.2, 0) is 16.6 Å². The Morgan fingerprint density at radius 2 is 1.79 bits per heavy atom. The van der Waals surface area contributed by atoms with Crippen LogP contribution in [0.25, 0.3) is 11.3 Å². The van der Waals surface area contributed by atoms with E-state index < -0.39 is 0 Å². The summed E-state index contributed by atoms with van der Waals surface area (Å²) in [6, 6.07) is 8.11. The maximum Gasteiger partial charge on any atom is 0.230 e. The number of allylic oxidation sites excluding steroid dienone is 4. The van der Waals surface area contributed by atoms with Crippen LogP contribution < -0.4 is 4.90 Å². The van der Waals surface area contributed by atoms with Gasteiger partial charge in [0.25, 0.3) is 0 Å². The van der Waals surface area contributed by atoms with E-state index in [1.54, 1.807) is 25.2 Å². The van der Waals surface area contributed by atoms with Crippen molar-refractivity contribution in [3.63, 3.8) is 0 Å². The van der Waals surface area contributed by atoms with Crippen molar-refractivity contribution < 1.29 is 14.6 Å². The van der Waals surface area contributed by atoms with Crippen LogP contribution in [0.4, 0.5) is 5.69 Å². The van der Waals surface area contributed by atoms with E-state index in [9.17, 15) is 9.90 Å². The molecule has 1 heterocycles. The van der Waals surface area contributed by atoms with Crippen LogP contribution in [-0.4, -0.2) is 45.8 Å². The van der Waals surface area contributed by atoms with E-state index in [4.69, 9.17) is 4.74 Å². The monoisotopic (exact) mass is 532 g/mol. The highest BCUT2D eigenvalue weighted by Gasteiger charge is 2.32. The quantitative estimate of drug-likeness (QED) is 0.306. The topological polar surface area (TPSA) is 80.5 Å². The van der Waals surface area contributed by atoms with Gasteiger partial charge in [-0.3, -0.25) is 4.79 Å². The van der Waals surface area contributed by atoms with Gasteiger partial charge in [0.05, 0.1) is 19.4 Å².